The molecule has 124 valence electrons. The molecule has 1 N–H and O–H groups in total. The standard InChI is InChI=1S/C17H19IO5/c1-17(2,3)23-16(20)9-6-10-14(11(19)7-9)12(21-4)8-13(22-5)15(10)18/h6-8,19H,1-5H3. The average molecular weight is 430 g/mol. The van der Waals surface area contributed by atoms with Crippen LogP contribution in [0.4, 0.5) is 0 Å². The number of ether oxygens (including phenoxy) is 3. The van der Waals surface area contributed by atoms with Crippen molar-refractivity contribution in [2.24, 2.45) is 0 Å². The molecule has 0 saturated carbocycles. The first-order chi connectivity index (χ1) is 10.7. The second kappa shape index (κ2) is 6.43. The number of fused-ring (bicyclic) bond motifs is 1. The summed E-state index contributed by atoms with van der Waals surface area (Å²) in [4.78, 5) is 12.3. The van der Waals surface area contributed by atoms with Crippen LogP contribution in [-0.4, -0.2) is 30.9 Å². The molecule has 0 bridgehead atoms. The normalized spacial score (nSPS) is 11.4. The Morgan fingerprint density at radius 1 is 1.09 bits per heavy atom. The number of esters is 1. The van der Waals surface area contributed by atoms with Crippen molar-refractivity contribution in [2.75, 3.05) is 14.2 Å². The minimum absolute atomic E-state index is 0.0409. The third-order valence-corrected chi connectivity index (χ3v) is 4.27. The number of benzene rings is 2. The van der Waals surface area contributed by atoms with Crippen LogP contribution in [0.2, 0.25) is 0 Å². The summed E-state index contributed by atoms with van der Waals surface area (Å²) in [6.45, 7) is 5.38. The van der Waals surface area contributed by atoms with E-state index in [1.54, 1.807) is 40.0 Å². The molecule has 0 aliphatic heterocycles. The van der Waals surface area contributed by atoms with Crippen LogP contribution in [0.1, 0.15) is 31.1 Å². The predicted molar refractivity (Wildman–Crippen MR) is 96.6 cm³/mol. The summed E-state index contributed by atoms with van der Waals surface area (Å²) < 4.78 is 16.8. The SMILES string of the molecule is COc1cc(OC)c2c(O)cc(C(=O)OC(C)(C)C)cc2c1I. The lowest BCUT2D eigenvalue weighted by Gasteiger charge is -2.20. The zero-order valence-corrected chi connectivity index (χ0v) is 15.8. The zero-order chi connectivity index (χ0) is 17.4. The molecule has 0 spiro atoms. The van der Waals surface area contributed by atoms with E-state index in [2.05, 4.69) is 22.6 Å². The number of phenolic OH excluding ortho intramolecular Hbond substituents is 1. The molecule has 0 heterocycles. The quantitative estimate of drug-likeness (QED) is 0.587. The molecule has 6 heteroatoms. The van der Waals surface area contributed by atoms with Crippen LogP contribution in [0.3, 0.4) is 0 Å². The highest BCUT2D eigenvalue weighted by atomic mass is 127. The molecule has 0 unspecified atom stereocenters. The number of rotatable bonds is 3. The fraction of sp³-hybridized carbons (Fsp3) is 0.353. The lowest BCUT2D eigenvalue weighted by atomic mass is 10.0. The van der Waals surface area contributed by atoms with E-state index in [9.17, 15) is 9.90 Å². The van der Waals surface area contributed by atoms with E-state index in [-0.39, 0.29) is 11.3 Å². The van der Waals surface area contributed by atoms with Gasteiger partial charge in [-0.15, -0.1) is 0 Å². The Morgan fingerprint density at radius 3 is 2.22 bits per heavy atom. The van der Waals surface area contributed by atoms with Crippen molar-refractivity contribution in [3.8, 4) is 17.2 Å². The maximum absolute atomic E-state index is 12.3. The summed E-state index contributed by atoms with van der Waals surface area (Å²) in [5.74, 6) is 0.550. The topological polar surface area (TPSA) is 65.0 Å². The van der Waals surface area contributed by atoms with Gasteiger partial charge >= 0.3 is 5.97 Å². The van der Waals surface area contributed by atoms with E-state index in [1.165, 1.54) is 13.2 Å². The van der Waals surface area contributed by atoms with E-state index < -0.39 is 11.6 Å². The van der Waals surface area contributed by atoms with Crippen LogP contribution < -0.4 is 9.47 Å². The molecule has 23 heavy (non-hydrogen) atoms. The molecular weight excluding hydrogens is 411 g/mol. The molecule has 0 aliphatic rings. The Balaban J connectivity index is 2.69. The molecule has 2 rings (SSSR count). The van der Waals surface area contributed by atoms with Crippen molar-refractivity contribution < 1.29 is 24.1 Å². The highest BCUT2D eigenvalue weighted by Crippen LogP contribution is 2.41. The molecule has 0 amide bonds. The maximum Gasteiger partial charge on any atom is 0.338 e. The molecule has 5 nitrogen and oxygen atoms in total. The van der Waals surface area contributed by atoms with E-state index >= 15 is 0 Å². The van der Waals surface area contributed by atoms with Crippen LogP contribution in [0.5, 0.6) is 17.2 Å². The van der Waals surface area contributed by atoms with Crippen molar-refractivity contribution in [1.82, 2.24) is 0 Å². The Hall–Kier alpha value is -1.70. The molecule has 2 aromatic rings. The van der Waals surface area contributed by atoms with Crippen LogP contribution in [-0.2, 0) is 4.74 Å². The third kappa shape index (κ3) is 3.63. The number of methoxy groups -OCH3 is 2. The van der Waals surface area contributed by atoms with Gasteiger partial charge in [0, 0.05) is 11.5 Å². The van der Waals surface area contributed by atoms with Gasteiger partial charge in [0.15, 0.2) is 0 Å². The van der Waals surface area contributed by atoms with Gasteiger partial charge in [-0.25, -0.2) is 4.79 Å². The van der Waals surface area contributed by atoms with Gasteiger partial charge in [0.25, 0.3) is 0 Å². The van der Waals surface area contributed by atoms with Gasteiger partial charge in [0.05, 0.1) is 28.7 Å². The molecule has 0 aromatic heterocycles. The molecule has 0 fully saturated rings. The van der Waals surface area contributed by atoms with E-state index in [4.69, 9.17) is 14.2 Å². The second-order valence-corrected chi connectivity index (χ2v) is 7.09. The first-order valence-electron chi connectivity index (χ1n) is 6.98. The summed E-state index contributed by atoms with van der Waals surface area (Å²) in [5.41, 5.74) is -0.334. The van der Waals surface area contributed by atoms with Gasteiger partial charge in [0.1, 0.15) is 22.8 Å². The Labute approximate surface area is 148 Å². The van der Waals surface area contributed by atoms with Crippen molar-refractivity contribution in [3.05, 3.63) is 27.3 Å². The fourth-order valence-electron chi connectivity index (χ4n) is 2.21. The number of halogens is 1. The first-order valence-corrected chi connectivity index (χ1v) is 8.06. The van der Waals surface area contributed by atoms with Gasteiger partial charge in [-0.05, 0) is 55.5 Å². The summed E-state index contributed by atoms with van der Waals surface area (Å²) in [5, 5.41) is 11.6. The van der Waals surface area contributed by atoms with Crippen molar-refractivity contribution in [2.45, 2.75) is 26.4 Å². The monoisotopic (exact) mass is 430 g/mol. The minimum Gasteiger partial charge on any atom is -0.507 e. The Kier molecular flexibility index (Phi) is 4.93. The van der Waals surface area contributed by atoms with Crippen molar-refractivity contribution >= 4 is 39.3 Å². The van der Waals surface area contributed by atoms with E-state index in [1.807, 2.05) is 0 Å². The van der Waals surface area contributed by atoms with Crippen molar-refractivity contribution in [3.63, 3.8) is 0 Å². The molecular formula is C17H19IO5. The van der Waals surface area contributed by atoms with E-state index in [0.717, 1.165) is 3.57 Å². The predicted octanol–water partition coefficient (Wildman–Crippen LogP) is 4.12. The summed E-state index contributed by atoms with van der Waals surface area (Å²) in [6.07, 6.45) is 0. The lowest BCUT2D eigenvalue weighted by molar-refractivity contribution is 0.00693. The lowest BCUT2D eigenvalue weighted by Crippen LogP contribution is -2.23. The second-order valence-electron chi connectivity index (χ2n) is 6.01. The number of carbonyl (C=O) groups is 1. The van der Waals surface area contributed by atoms with Crippen LogP contribution >= 0.6 is 22.6 Å². The number of hydrogen-bond donors (Lipinski definition) is 1. The summed E-state index contributed by atoms with van der Waals surface area (Å²) in [6, 6.07) is 4.77. The average Bonchev–Trinajstić information content (AvgIpc) is 2.46. The fourth-order valence-corrected chi connectivity index (χ4v) is 3.01. The summed E-state index contributed by atoms with van der Waals surface area (Å²) in [7, 11) is 3.07. The van der Waals surface area contributed by atoms with Gasteiger partial charge in [-0.2, -0.15) is 0 Å². The molecule has 0 radical (unpaired) electrons. The van der Waals surface area contributed by atoms with Crippen LogP contribution in [0.15, 0.2) is 18.2 Å². The Bertz CT molecular complexity index is 762. The number of aromatic hydroxyl groups is 1. The molecule has 0 aliphatic carbocycles. The number of carbonyl (C=O) groups excluding carboxylic acids is 1. The smallest absolute Gasteiger partial charge is 0.338 e. The number of hydrogen-bond acceptors (Lipinski definition) is 5. The highest BCUT2D eigenvalue weighted by Gasteiger charge is 2.22. The van der Waals surface area contributed by atoms with Gasteiger partial charge in [0.2, 0.25) is 0 Å². The third-order valence-electron chi connectivity index (χ3n) is 3.15. The van der Waals surface area contributed by atoms with Crippen LogP contribution in [0, 0.1) is 3.57 Å². The first kappa shape index (κ1) is 17.7. The van der Waals surface area contributed by atoms with Gasteiger partial charge in [-0.3, -0.25) is 0 Å². The Morgan fingerprint density at radius 2 is 1.70 bits per heavy atom. The van der Waals surface area contributed by atoms with Crippen molar-refractivity contribution in [1.29, 1.82) is 0 Å². The zero-order valence-electron chi connectivity index (χ0n) is 13.7. The van der Waals surface area contributed by atoms with Gasteiger partial charge in [-0.1, -0.05) is 0 Å². The molecule has 2 aromatic carbocycles. The number of phenols is 1. The molecule has 0 atom stereocenters. The van der Waals surface area contributed by atoms with E-state index in [0.29, 0.717) is 22.3 Å². The largest absolute Gasteiger partial charge is 0.507 e. The molecule has 0 saturated heterocycles. The minimum atomic E-state index is -0.610. The summed E-state index contributed by atoms with van der Waals surface area (Å²) >= 11 is 2.11. The van der Waals surface area contributed by atoms with Gasteiger partial charge < -0.3 is 19.3 Å². The van der Waals surface area contributed by atoms with Crippen LogP contribution in [0.25, 0.3) is 10.8 Å². The highest BCUT2D eigenvalue weighted by molar-refractivity contribution is 14.1. The maximum atomic E-state index is 12.3.